The second-order valence-corrected chi connectivity index (χ2v) is 29.4. The minimum Gasteiger partial charge on any atom is -0.497 e. The van der Waals surface area contributed by atoms with Crippen molar-refractivity contribution in [1.29, 1.82) is 5.41 Å². The number of unbranched alkanes of at least 4 members (excludes halogenated alkanes) is 2. The molecule has 15 atom stereocenters. The van der Waals surface area contributed by atoms with E-state index < -0.39 is 210 Å². The predicted octanol–water partition coefficient (Wildman–Crippen LogP) is 7.06. The van der Waals surface area contributed by atoms with Crippen LogP contribution in [0.25, 0.3) is 10.9 Å². The monoisotopic (exact) mass is 1640 g/mol. The van der Waals surface area contributed by atoms with Crippen LogP contribution in [0.3, 0.4) is 0 Å². The number of aliphatic hydroxyl groups is 17. The highest BCUT2D eigenvalue weighted by atomic mass is 33.1. The minimum atomic E-state index is -1.96. The van der Waals surface area contributed by atoms with E-state index in [1.807, 2.05) is 0 Å². The van der Waals surface area contributed by atoms with Crippen molar-refractivity contribution >= 4 is 121 Å². The lowest BCUT2D eigenvalue weighted by Gasteiger charge is -2.21. The molecular weight excluding hydrogens is 1530 g/mol. The maximum absolute atomic E-state index is 12.8. The van der Waals surface area contributed by atoms with Gasteiger partial charge in [-0.05, 0) is 101 Å². The van der Waals surface area contributed by atoms with Gasteiger partial charge in [0.1, 0.15) is 54.9 Å². The zero-order chi connectivity index (χ0) is 84.3. The van der Waals surface area contributed by atoms with Crippen LogP contribution in [0.4, 0.5) is 0 Å². The number of nitrogens with zero attached hydrogens (tertiary/aromatic N) is 13. The van der Waals surface area contributed by atoms with E-state index in [1.165, 1.54) is 13.8 Å². The molecule has 1 aliphatic rings. The Kier molecular flexibility index (Phi) is 38.4. The van der Waals surface area contributed by atoms with Crippen LogP contribution in [-0.2, 0) is 30.5 Å². The molecule has 39 heteroatoms. The number of carboxylic acids is 1. The van der Waals surface area contributed by atoms with Gasteiger partial charge in [-0.25, -0.2) is 69.7 Å². The van der Waals surface area contributed by atoms with Gasteiger partial charge in [-0.2, -0.15) is 0 Å². The zero-order valence-electron chi connectivity index (χ0n) is 63.5. The molecule has 115 heavy (non-hydrogen) atoms. The van der Waals surface area contributed by atoms with Gasteiger partial charge < -0.3 is 114 Å². The number of aliphatic hydroxyl groups excluding tert-OH is 17. The van der Waals surface area contributed by atoms with E-state index in [0.717, 1.165) is 28.5 Å². The largest absolute Gasteiger partial charge is 0.497 e. The Hall–Kier alpha value is -11.1. The normalized spacial score (nSPS) is 24.2. The number of nitrogens with two attached hydrogens (primary N) is 3. The summed E-state index contributed by atoms with van der Waals surface area (Å²) in [5.41, 5.74) is 20.2. The molecule has 5 aromatic rings. The highest BCUT2D eigenvalue weighted by molar-refractivity contribution is 8.76. The van der Waals surface area contributed by atoms with E-state index >= 15 is 0 Å². The summed E-state index contributed by atoms with van der Waals surface area (Å²) in [6.07, 6.45) is -2.88. The Bertz CT molecular complexity index is 4350. The van der Waals surface area contributed by atoms with Crippen molar-refractivity contribution < 1.29 is 96.7 Å². The number of para-hydroxylation sites is 1. The molecule has 1 aliphatic heterocycles. The van der Waals surface area contributed by atoms with Gasteiger partial charge in [0.05, 0.1) is 31.3 Å². The molecule has 0 bridgehead atoms. The molecule has 2 unspecified atom stereocenters. The average Bonchev–Trinajstić information content (AvgIpc) is 1.43. The number of aromatic amines is 1. The van der Waals surface area contributed by atoms with E-state index in [0.29, 0.717) is 46.0 Å². The molecule has 0 saturated heterocycles. The summed E-state index contributed by atoms with van der Waals surface area (Å²) in [7, 11) is 1.57. The molecule has 0 amide bonds. The Morgan fingerprint density at radius 2 is 0.870 bits per heavy atom. The lowest BCUT2D eigenvalue weighted by atomic mass is 10.0. The Morgan fingerprint density at radius 3 is 1.32 bits per heavy atom. The molecular formula is C76H104N18O19S2. The summed E-state index contributed by atoms with van der Waals surface area (Å²) in [4.78, 5) is 71.1. The number of carbonyl (C=O) groups is 1. The quantitative estimate of drug-likeness (QED) is 0.0114. The third kappa shape index (κ3) is 30.7. The lowest BCUT2D eigenvalue weighted by molar-refractivity contribution is -0.137. The summed E-state index contributed by atoms with van der Waals surface area (Å²) in [5.74, 6) is -15.6. The second kappa shape index (κ2) is 47.6. The number of rotatable bonds is 26. The first-order chi connectivity index (χ1) is 54.9. The molecule has 0 saturated carbocycles. The maximum atomic E-state index is 12.8. The molecule has 4 aromatic carbocycles. The minimum absolute atomic E-state index is 0.114. The highest BCUT2D eigenvalue weighted by Crippen LogP contribution is 2.28. The molecule has 37 nitrogen and oxygen atoms in total. The summed E-state index contributed by atoms with van der Waals surface area (Å²) in [5, 5.41) is 217. The molecule has 624 valence electrons. The van der Waals surface area contributed by atoms with Crippen LogP contribution >= 0.6 is 21.6 Å². The molecule has 0 spiro atoms. The number of aromatic nitrogens is 1. The van der Waals surface area contributed by atoms with Gasteiger partial charge in [-0.3, -0.25) is 5.41 Å². The number of benzene rings is 4. The topological polar surface area (TPSA) is 660 Å². The first-order valence-electron chi connectivity index (χ1n) is 36.8. The fraction of sp³-hybridized carbons (Fsp3) is 0.461. The summed E-state index contributed by atoms with van der Waals surface area (Å²) in [6.45, 7) is 2.14. The summed E-state index contributed by atoms with van der Waals surface area (Å²) < 4.78 is 0. The molecule has 26 N–H and O–H groups in total. The third-order valence-corrected chi connectivity index (χ3v) is 19.9. The van der Waals surface area contributed by atoms with Crippen molar-refractivity contribution in [2.45, 2.75) is 182 Å². The fourth-order valence-electron chi connectivity index (χ4n) is 11.3. The van der Waals surface area contributed by atoms with Crippen molar-refractivity contribution in [2.24, 2.45) is 82.1 Å². The Morgan fingerprint density at radius 1 is 0.487 bits per heavy atom. The Labute approximate surface area is 670 Å². The van der Waals surface area contributed by atoms with Gasteiger partial charge >= 0.3 is 5.97 Å². The van der Waals surface area contributed by atoms with Crippen LogP contribution in [0.1, 0.15) is 88.0 Å². The fourth-order valence-corrected chi connectivity index (χ4v) is 13.6. The van der Waals surface area contributed by atoms with Crippen molar-refractivity contribution in [1.82, 2.24) is 4.98 Å². The van der Waals surface area contributed by atoms with Gasteiger partial charge in [0.2, 0.25) is 70.8 Å². The van der Waals surface area contributed by atoms with Crippen molar-refractivity contribution in [2.75, 3.05) is 37.7 Å². The zero-order valence-corrected chi connectivity index (χ0v) is 65.2. The van der Waals surface area contributed by atoms with E-state index in [2.05, 4.69) is 69.9 Å². The second-order valence-electron chi connectivity index (χ2n) is 26.8. The molecule has 0 radical (unpaired) electrons. The number of carboxylic acid groups (broad SMARTS) is 1. The van der Waals surface area contributed by atoms with Gasteiger partial charge in [0.15, 0.2) is 36.0 Å². The number of nitrogens with one attached hydrogen (secondary N) is 2. The SMILES string of the molecule is CC(O)[C@H]1N=C(O)[C@H](Cc2ccccc2)N=C(O)[C@@H](C(C)O)N=C(O)[C@@H](CCCCN)N=C(O)[C@H](Cc2c[nH]c3ccccc23)N=C(O)[C@@H](Cc2ccccc2)N=C(O)[C@H](Cc2ccccc2)N=C(O)[C@@H](CC(=N)O)N=C(O)[C@H](CCCCN)N=C(O)[C@@H](N=C(O)CN=C(O)[C@H](C)N)CSSC[C@@H](C(=O)O)N=C(O)[C@H](CO)N=C1O. The average molecular weight is 1640 g/mol. The number of hydrogen-bond acceptors (Lipinski definition) is 23. The molecule has 0 aliphatic carbocycles. The van der Waals surface area contributed by atoms with Crippen LogP contribution in [0.5, 0.6) is 0 Å². The lowest BCUT2D eigenvalue weighted by Crippen LogP contribution is -2.38. The van der Waals surface area contributed by atoms with Crippen LogP contribution in [-0.4, -0.2) is 314 Å². The van der Waals surface area contributed by atoms with E-state index in [1.54, 1.807) is 121 Å². The molecule has 6 rings (SSSR count). The Balaban J connectivity index is 1.66. The van der Waals surface area contributed by atoms with Gasteiger partial charge in [-0.15, -0.1) is 0 Å². The first kappa shape index (κ1) is 92.8. The van der Waals surface area contributed by atoms with Gasteiger partial charge in [0, 0.05) is 54.3 Å². The number of aliphatic carboxylic acids is 1. The van der Waals surface area contributed by atoms with Crippen molar-refractivity contribution in [3.8, 4) is 0 Å². The maximum Gasteiger partial charge on any atom is 0.329 e. The van der Waals surface area contributed by atoms with Crippen molar-refractivity contribution in [3.63, 3.8) is 0 Å². The van der Waals surface area contributed by atoms with Gasteiger partial charge in [0.25, 0.3) is 0 Å². The highest BCUT2D eigenvalue weighted by Gasteiger charge is 2.34. The van der Waals surface area contributed by atoms with E-state index in [-0.39, 0.29) is 64.5 Å². The van der Waals surface area contributed by atoms with Crippen molar-refractivity contribution in [3.05, 3.63) is 144 Å². The molecule has 2 heterocycles. The third-order valence-electron chi connectivity index (χ3n) is 17.5. The summed E-state index contributed by atoms with van der Waals surface area (Å²) in [6, 6.07) is 10.5. The van der Waals surface area contributed by atoms with E-state index in [4.69, 9.17) is 22.6 Å². The number of aliphatic imine (C=N–C) groups is 13. The number of fused-ring (bicyclic) bond motifs is 1. The van der Waals surface area contributed by atoms with E-state index in [9.17, 15) is 96.7 Å². The standard InChI is InChI=1S/C76H104N18O19S2/c1-41(79)64(100)82-37-61(99)83-58-39-114-115-40-59(76(112)113)92-72(108)57(38-95)91-75(111)63(43(3)97)94-71(107)54(33-46-23-11-6-12-24-46)90-74(110)62(42(2)96)93-66(102)51(28-16-18-30-78)84-69(105)55(34-47-36-81-49-26-14-13-25-48(47)49)88-68(104)53(32-45-21-9-5-10-22-45)86-67(103)52(31-44-19-7-4-8-20-44)87-70(106)56(35-60(80)98)89-65(101)50(85-73(58)109)27-15-17-29-77/h4-14,19-26,36,41-43,50-59,62-63,81,95-97H,15-18,27-35,37-40,77-79H2,1-3H3,(H2,80,98)(H,82,100)(H,83,99)(H,84,105)(H,85,109)(H,86,103)(H,87,106)(H,88,104)(H,89,101)(H,90,110)(H,91,111)(H,92,108)(H,93,102)(H,94,107)(H,112,113)/t41-,42?,43?,50-,51+,52-,53+,54-,55-,56+,57-,58-,59-,62+,63+/m0/s1. The molecule has 0 fully saturated rings. The number of H-pyrrole nitrogens is 1. The number of hydrogen-bond donors (Lipinski definition) is 23. The van der Waals surface area contributed by atoms with Crippen LogP contribution in [0.15, 0.2) is 186 Å². The molecule has 1 aromatic heterocycles. The summed E-state index contributed by atoms with van der Waals surface area (Å²) >= 11 is 0. The van der Waals surface area contributed by atoms with Crippen LogP contribution in [0.2, 0.25) is 0 Å². The first-order valence-corrected chi connectivity index (χ1v) is 39.3. The van der Waals surface area contributed by atoms with Crippen LogP contribution in [0, 0.1) is 5.41 Å². The predicted molar refractivity (Wildman–Crippen MR) is 451 cm³/mol. The smallest absolute Gasteiger partial charge is 0.329 e. The van der Waals surface area contributed by atoms with Gasteiger partial charge in [-0.1, -0.05) is 131 Å². The van der Waals surface area contributed by atoms with Crippen LogP contribution < -0.4 is 17.2 Å².